The lowest BCUT2D eigenvalue weighted by Crippen LogP contribution is -2.45. The van der Waals surface area contributed by atoms with Crippen LogP contribution in [0.2, 0.25) is 0 Å². The van der Waals surface area contributed by atoms with Gasteiger partial charge in [-0.15, -0.1) is 0 Å². The Morgan fingerprint density at radius 1 is 0.906 bits per heavy atom. The van der Waals surface area contributed by atoms with Crippen LogP contribution in [0.15, 0.2) is 66.7 Å². The van der Waals surface area contributed by atoms with Crippen LogP contribution in [-0.2, 0) is 14.4 Å². The largest absolute Gasteiger partial charge is 0.354 e. The fourth-order valence-electron chi connectivity index (χ4n) is 4.48. The predicted molar refractivity (Wildman–Crippen MR) is 123 cm³/mol. The fourth-order valence-corrected chi connectivity index (χ4v) is 4.48. The summed E-state index contributed by atoms with van der Waals surface area (Å²) in [7, 11) is 0. The Balaban J connectivity index is 1.39. The van der Waals surface area contributed by atoms with Gasteiger partial charge in [-0.3, -0.25) is 14.4 Å². The summed E-state index contributed by atoms with van der Waals surface area (Å²) in [4.78, 5) is 41.9. The van der Waals surface area contributed by atoms with Crippen molar-refractivity contribution in [2.24, 2.45) is 5.92 Å². The molecule has 3 amide bonds. The van der Waals surface area contributed by atoms with E-state index in [-0.39, 0.29) is 36.1 Å². The molecule has 0 bridgehead atoms. The van der Waals surface area contributed by atoms with Crippen molar-refractivity contribution < 1.29 is 14.4 Å². The molecule has 1 atom stereocenters. The summed E-state index contributed by atoms with van der Waals surface area (Å²) in [5, 5.41) is 2.89. The lowest BCUT2D eigenvalue weighted by Gasteiger charge is -2.36. The van der Waals surface area contributed by atoms with Crippen molar-refractivity contribution in [3.05, 3.63) is 77.9 Å². The molecule has 1 unspecified atom stereocenters. The lowest BCUT2D eigenvalue weighted by molar-refractivity contribution is -0.141. The summed E-state index contributed by atoms with van der Waals surface area (Å²) in [6.45, 7) is 2.10. The van der Waals surface area contributed by atoms with Crippen LogP contribution < -0.4 is 5.32 Å². The van der Waals surface area contributed by atoms with Gasteiger partial charge in [0.05, 0.1) is 12.5 Å². The smallest absolute Gasteiger partial charge is 0.246 e. The third kappa shape index (κ3) is 5.25. The van der Waals surface area contributed by atoms with Gasteiger partial charge in [0.25, 0.3) is 0 Å². The number of nitrogens with one attached hydrogen (secondary N) is 1. The van der Waals surface area contributed by atoms with E-state index in [1.54, 1.807) is 6.08 Å². The second-order valence-electron chi connectivity index (χ2n) is 8.36. The number of carbonyl (C=O) groups is 3. The van der Waals surface area contributed by atoms with Crippen molar-refractivity contribution in [2.45, 2.75) is 25.3 Å². The lowest BCUT2D eigenvalue weighted by atomic mass is 9.93. The van der Waals surface area contributed by atoms with Crippen molar-refractivity contribution in [3.8, 4) is 0 Å². The Hall–Kier alpha value is -3.41. The van der Waals surface area contributed by atoms with E-state index in [9.17, 15) is 14.4 Å². The molecule has 32 heavy (non-hydrogen) atoms. The van der Waals surface area contributed by atoms with E-state index in [2.05, 4.69) is 5.32 Å². The highest BCUT2D eigenvalue weighted by Gasteiger charge is 2.35. The van der Waals surface area contributed by atoms with Gasteiger partial charge in [0, 0.05) is 38.2 Å². The first-order valence-electron chi connectivity index (χ1n) is 11.3. The normalized spacial score (nSPS) is 20.1. The number of benzene rings is 2. The molecule has 2 aliphatic heterocycles. The highest BCUT2D eigenvalue weighted by molar-refractivity contribution is 5.92. The first-order chi connectivity index (χ1) is 15.6. The molecule has 2 fully saturated rings. The Bertz CT molecular complexity index is 966. The van der Waals surface area contributed by atoms with Crippen LogP contribution in [-0.4, -0.2) is 53.7 Å². The molecular formula is C26H29N3O3. The standard InChI is InChI=1S/C26H29N3O3/c30-24-19-23(21-9-5-2-6-10-21)29(18-15-27-24)26(32)22-13-16-28(17-14-22)25(31)12-11-20-7-3-1-4-8-20/h1-12,22-23H,13-19H2,(H,27,30). The first-order valence-corrected chi connectivity index (χ1v) is 11.3. The summed E-state index contributed by atoms with van der Waals surface area (Å²) in [5.41, 5.74) is 1.97. The number of piperidine rings is 1. The Kier molecular flexibility index (Phi) is 7.00. The monoisotopic (exact) mass is 431 g/mol. The Labute approximate surface area is 188 Å². The van der Waals surface area contributed by atoms with Crippen LogP contribution in [0.5, 0.6) is 0 Å². The zero-order valence-corrected chi connectivity index (χ0v) is 18.2. The summed E-state index contributed by atoms with van der Waals surface area (Å²) in [5.74, 6) is -0.0925. The summed E-state index contributed by atoms with van der Waals surface area (Å²) >= 11 is 0. The van der Waals surface area contributed by atoms with Crippen LogP contribution in [0, 0.1) is 5.92 Å². The van der Waals surface area contributed by atoms with Gasteiger partial charge in [-0.1, -0.05) is 60.7 Å². The van der Waals surface area contributed by atoms with E-state index in [1.165, 1.54) is 0 Å². The van der Waals surface area contributed by atoms with Crippen LogP contribution in [0.1, 0.15) is 36.4 Å². The quantitative estimate of drug-likeness (QED) is 0.757. The third-order valence-electron chi connectivity index (χ3n) is 6.27. The van der Waals surface area contributed by atoms with E-state index >= 15 is 0 Å². The van der Waals surface area contributed by atoms with Gasteiger partial charge in [-0.25, -0.2) is 0 Å². The molecule has 2 aliphatic rings. The molecular weight excluding hydrogens is 402 g/mol. The summed E-state index contributed by atoms with van der Waals surface area (Å²) in [6.07, 6.45) is 4.99. The number of hydrogen-bond donors (Lipinski definition) is 1. The molecule has 0 radical (unpaired) electrons. The van der Waals surface area contributed by atoms with E-state index in [1.807, 2.05) is 76.5 Å². The van der Waals surface area contributed by atoms with Crippen LogP contribution >= 0.6 is 0 Å². The molecule has 2 aromatic rings. The fraction of sp³-hybridized carbons (Fsp3) is 0.346. The van der Waals surface area contributed by atoms with E-state index in [0.717, 1.165) is 11.1 Å². The molecule has 6 nitrogen and oxygen atoms in total. The molecule has 0 saturated carbocycles. The SMILES string of the molecule is O=C1CC(c2ccccc2)N(C(=O)C2CCN(C(=O)C=Cc3ccccc3)CC2)CCN1. The number of nitrogens with zero attached hydrogens (tertiary/aromatic N) is 2. The minimum atomic E-state index is -0.250. The molecule has 0 spiro atoms. The number of likely N-dealkylation sites (tertiary alicyclic amines) is 1. The van der Waals surface area contributed by atoms with Gasteiger partial charge >= 0.3 is 0 Å². The van der Waals surface area contributed by atoms with Gasteiger partial charge in [-0.05, 0) is 30.0 Å². The maximum atomic E-state index is 13.5. The molecule has 6 heteroatoms. The van der Waals surface area contributed by atoms with Crippen molar-refractivity contribution in [3.63, 3.8) is 0 Å². The molecule has 2 heterocycles. The topological polar surface area (TPSA) is 69.7 Å². The number of hydrogen-bond acceptors (Lipinski definition) is 3. The van der Waals surface area contributed by atoms with Gasteiger partial charge in [0.15, 0.2) is 0 Å². The average molecular weight is 432 g/mol. The van der Waals surface area contributed by atoms with E-state index in [0.29, 0.717) is 39.0 Å². The maximum absolute atomic E-state index is 13.5. The van der Waals surface area contributed by atoms with Gasteiger partial charge < -0.3 is 15.1 Å². The zero-order chi connectivity index (χ0) is 22.3. The number of amides is 3. The molecule has 0 aromatic heterocycles. The highest BCUT2D eigenvalue weighted by Crippen LogP contribution is 2.30. The maximum Gasteiger partial charge on any atom is 0.246 e. The molecule has 0 aliphatic carbocycles. The molecule has 2 saturated heterocycles. The first kappa shape index (κ1) is 21.8. The third-order valence-corrected chi connectivity index (χ3v) is 6.27. The minimum absolute atomic E-state index is 0.0218. The number of carbonyl (C=O) groups excluding carboxylic acids is 3. The Morgan fingerprint density at radius 3 is 2.25 bits per heavy atom. The molecule has 4 rings (SSSR count). The van der Waals surface area contributed by atoms with Gasteiger partial charge in [0.2, 0.25) is 17.7 Å². The van der Waals surface area contributed by atoms with Crippen LogP contribution in [0.4, 0.5) is 0 Å². The molecule has 1 N–H and O–H groups in total. The number of rotatable bonds is 4. The van der Waals surface area contributed by atoms with Gasteiger partial charge in [-0.2, -0.15) is 0 Å². The van der Waals surface area contributed by atoms with E-state index in [4.69, 9.17) is 0 Å². The second-order valence-corrected chi connectivity index (χ2v) is 8.36. The summed E-state index contributed by atoms with van der Waals surface area (Å²) < 4.78 is 0. The van der Waals surface area contributed by atoms with Crippen LogP contribution in [0.25, 0.3) is 6.08 Å². The summed E-state index contributed by atoms with van der Waals surface area (Å²) in [6, 6.07) is 19.3. The van der Waals surface area contributed by atoms with Crippen LogP contribution in [0.3, 0.4) is 0 Å². The highest BCUT2D eigenvalue weighted by atomic mass is 16.2. The van der Waals surface area contributed by atoms with Crippen molar-refractivity contribution in [2.75, 3.05) is 26.2 Å². The Morgan fingerprint density at radius 2 is 1.56 bits per heavy atom. The zero-order valence-electron chi connectivity index (χ0n) is 18.2. The minimum Gasteiger partial charge on any atom is -0.354 e. The van der Waals surface area contributed by atoms with Crippen molar-refractivity contribution in [1.82, 2.24) is 15.1 Å². The second kappa shape index (κ2) is 10.3. The van der Waals surface area contributed by atoms with Crippen molar-refractivity contribution in [1.29, 1.82) is 0 Å². The van der Waals surface area contributed by atoms with E-state index < -0.39 is 0 Å². The molecule has 2 aromatic carbocycles. The van der Waals surface area contributed by atoms with Gasteiger partial charge in [0.1, 0.15) is 0 Å². The van der Waals surface area contributed by atoms with Crippen molar-refractivity contribution >= 4 is 23.8 Å². The average Bonchev–Trinajstić information content (AvgIpc) is 3.05. The predicted octanol–water partition coefficient (Wildman–Crippen LogP) is 3.03. The molecule has 166 valence electrons.